The molecular weight excluding hydrogens is 490 g/mol. The third-order valence-corrected chi connectivity index (χ3v) is 6.71. The van der Waals surface area contributed by atoms with Gasteiger partial charge in [0.25, 0.3) is 0 Å². The molecule has 10 heteroatoms. The van der Waals surface area contributed by atoms with Gasteiger partial charge in [-0.3, -0.25) is 5.32 Å². The Bertz CT molecular complexity index is 1660. The molecule has 198 valence electrons. The summed E-state index contributed by atoms with van der Waals surface area (Å²) in [6, 6.07) is 17.5. The predicted octanol–water partition coefficient (Wildman–Crippen LogP) is 5.80. The van der Waals surface area contributed by atoms with Crippen LogP contribution in [0, 0.1) is 6.92 Å². The number of para-hydroxylation sites is 1. The Morgan fingerprint density at radius 1 is 1.00 bits per heavy atom. The van der Waals surface area contributed by atoms with Crippen LogP contribution < -0.4 is 16.0 Å². The normalized spacial score (nSPS) is 13.4. The summed E-state index contributed by atoms with van der Waals surface area (Å²) in [6.07, 6.45) is 5.61. The number of nitrogens with one attached hydrogen (secondary N) is 3. The summed E-state index contributed by atoms with van der Waals surface area (Å²) in [6.45, 7) is 8.30. The van der Waals surface area contributed by atoms with Crippen molar-refractivity contribution in [2.24, 2.45) is 0 Å². The van der Waals surface area contributed by atoms with Crippen LogP contribution in [0.15, 0.2) is 67.1 Å². The van der Waals surface area contributed by atoms with Crippen LogP contribution in [0.3, 0.4) is 0 Å². The smallest absolute Gasteiger partial charge is 0.324 e. The molecule has 0 bridgehead atoms. The molecule has 5 aromatic rings. The van der Waals surface area contributed by atoms with Crippen molar-refractivity contribution >= 4 is 29.0 Å². The number of fused-ring (bicyclic) bond motifs is 1. The summed E-state index contributed by atoms with van der Waals surface area (Å²) in [5, 5.41) is 18.6. The van der Waals surface area contributed by atoms with Crippen molar-refractivity contribution in [3.63, 3.8) is 0 Å². The Hall–Kier alpha value is -4.73. The molecule has 3 N–H and O–H groups in total. The Morgan fingerprint density at radius 3 is 2.54 bits per heavy atom. The SMILES string of the molecule is Cc1ccc(NC(=O)Nc2cc(C(C)(C)C)nn2-c2ccccc2)cc1-c1cnc(NC2CC2)c2ncnn12. The van der Waals surface area contributed by atoms with E-state index in [9.17, 15) is 4.79 Å². The molecule has 1 saturated carbocycles. The highest BCUT2D eigenvalue weighted by Crippen LogP contribution is 2.31. The minimum Gasteiger partial charge on any atom is -0.364 e. The first-order valence-corrected chi connectivity index (χ1v) is 13.1. The van der Waals surface area contributed by atoms with Crippen molar-refractivity contribution < 1.29 is 4.79 Å². The van der Waals surface area contributed by atoms with Gasteiger partial charge in [0.1, 0.15) is 12.1 Å². The van der Waals surface area contributed by atoms with E-state index in [1.807, 2.05) is 61.5 Å². The summed E-state index contributed by atoms with van der Waals surface area (Å²) in [5.41, 5.74) is 5.61. The molecule has 1 aliphatic rings. The van der Waals surface area contributed by atoms with Crippen LogP contribution in [0.2, 0.25) is 0 Å². The van der Waals surface area contributed by atoms with Crippen molar-refractivity contribution in [1.29, 1.82) is 0 Å². The number of hydrogen-bond donors (Lipinski definition) is 3. The molecule has 2 amide bonds. The molecule has 0 atom stereocenters. The first-order valence-electron chi connectivity index (χ1n) is 13.1. The van der Waals surface area contributed by atoms with E-state index in [1.54, 1.807) is 15.4 Å². The maximum Gasteiger partial charge on any atom is 0.324 e. The van der Waals surface area contributed by atoms with E-state index in [1.165, 1.54) is 6.33 Å². The van der Waals surface area contributed by atoms with Crippen molar-refractivity contribution in [3.8, 4) is 16.9 Å². The topological polar surface area (TPSA) is 114 Å². The molecular formula is C29H31N9O. The van der Waals surface area contributed by atoms with Crippen LogP contribution in [-0.2, 0) is 5.41 Å². The maximum atomic E-state index is 13.2. The van der Waals surface area contributed by atoms with E-state index in [0.29, 0.717) is 23.2 Å². The number of urea groups is 1. The van der Waals surface area contributed by atoms with Gasteiger partial charge in [0.05, 0.1) is 23.3 Å². The van der Waals surface area contributed by atoms with Gasteiger partial charge in [0.15, 0.2) is 11.5 Å². The number of nitrogens with zero attached hydrogens (tertiary/aromatic N) is 6. The van der Waals surface area contributed by atoms with E-state index < -0.39 is 0 Å². The lowest BCUT2D eigenvalue weighted by Gasteiger charge is -2.14. The molecule has 3 heterocycles. The van der Waals surface area contributed by atoms with Crippen molar-refractivity contribution in [2.45, 2.75) is 52.0 Å². The van der Waals surface area contributed by atoms with Gasteiger partial charge in [0.2, 0.25) is 0 Å². The van der Waals surface area contributed by atoms with Gasteiger partial charge in [-0.2, -0.15) is 10.2 Å². The third kappa shape index (κ3) is 5.05. The number of carbonyl (C=O) groups excluding carboxylic acids is 1. The van der Waals surface area contributed by atoms with E-state index in [0.717, 1.165) is 46.9 Å². The first kappa shape index (κ1) is 24.6. The van der Waals surface area contributed by atoms with Crippen LogP contribution in [0.1, 0.15) is 44.9 Å². The molecule has 0 spiro atoms. The van der Waals surface area contributed by atoms with Crippen molar-refractivity contribution in [3.05, 3.63) is 78.4 Å². The first-order chi connectivity index (χ1) is 18.8. The summed E-state index contributed by atoms with van der Waals surface area (Å²) in [7, 11) is 0. The number of aryl methyl sites for hydroxylation is 1. The fourth-order valence-electron chi connectivity index (χ4n) is 4.38. The van der Waals surface area contributed by atoms with Crippen molar-refractivity contribution in [1.82, 2.24) is 29.4 Å². The zero-order valence-corrected chi connectivity index (χ0v) is 22.4. The molecule has 10 nitrogen and oxygen atoms in total. The Balaban J connectivity index is 1.27. The average Bonchev–Trinajstić information content (AvgIpc) is 3.40. The lowest BCUT2D eigenvalue weighted by atomic mass is 9.92. The molecule has 6 rings (SSSR count). The standard InChI is InChI=1S/C29H31N9O/c1-18-10-11-20(14-22(18)23-16-30-26(33-19-12-13-19)27-31-17-32-38(23)27)34-28(39)35-25-15-24(29(2,3)4)36-37(25)21-8-6-5-7-9-21/h5-11,14-17,19H,12-13H2,1-4H3,(H,30,33)(H2,34,35,39). The van der Waals surface area contributed by atoms with Gasteiger partial charge < -0.3 is 10.6 Å². The Morgan fingerprint density at radius 2 is 1.79 bits per heavy atom. The molecule has 39 heavy (non-hydrogen) atoms. The quantitative estimate of drug-likeness (QED) is 0.260. The molecule has 0 aliphatic heterocycles. The molecule has 0 saturated heterocycles. The number of aromatic nitrogens is 6. The summed E-state index contributed by atoms with van der Waals surface area (Å²) < 4.78 is 3.54. The van der Waals surface area contributed by atoms with Gasteiger partial charge in [-0.25, -0.2) is 24.0 Å². The van der Waals surface area contributed by atoms with Crippen LogP contribution in [0.4, 0.5) is 22.1 Å². The van der Waals surface area contributed by atoms with Gasteiger partial charge in [-0.15, -0.1) is 0 Å². The van der Waals surface area contributed by atoms with Gasteiger partial charge in [-0.05, 0) is 49.6 Å². The molecule has 2 aromatic carbocycles. The van der Waals surface area contributed by atoms with E-state index in [2.05, 4.69) is 51.8 Å². The maximum absolute atomic E-state index is 13.2. The zero-order chi connectivity index (χ0) is 27.1. The molecule has 1 aliphatic carbocycles. The van der Waals surface area contributed by atoms with E-state index >= 15 is 0 Å². The number of hydrogen-bond acceptors (Lipinski definition) is 6. The fourth-order valence-corrected chi connectivity index (χ4v) is 4.38. The summed E-state index contributed by atoms with van der Waals surface area (Å²) >= 11 is 0. The monoisotopic (exact) mass is 521 g/mol. The number of rotatable bonds is 6. The molecule has 1 fully saturated rings. The zero-order valence-electron chi connectivity index (χ0n) is 22.4. The highest BCUT2D eigenvalue weighted by atomic mass is 16.2. The van der Waals surface area contributed by atoms with Crippen LogP contribution >= 0.6 is 0 Å². The van der Waals surface area contributed by atoms with Crippen molar-refractivity contribution in [2.75, 3.05) is 16.0 Å². The highest BCUT2D eigenvalue weighted by molar-refractivity contribution is 6.00. The van der Waals surface area contributed by atoms with Gasteiger partial charge in [0, 0.05) is 28.8 Å². The molecule has 3 aromatic heterocycles. The minimum atomic E-state index is -0.365. The summed E-state index contributed by atoms with van der Waals surface area (Å²) in [5.74, 6) is 1.32. The summed E-state index contributed by atoms with van der Waals surface area (Å²) in [4.78, 5) is 22.2. The minimum absolute atomic E-state index is 0.177. The lowest BCUT2D eigenvalue weighted by molar-refractivity contribution is 0.262. The second kappa shape index (κ2) is 9.54. The van der Waals surface area contributed by atoms with Gasteiger partial charge in [-0.1, -0.05) is 45.0 Å². The Kier molecular flexibility index (Phi) is 6.02. The number of carbonyl (C=O) groups is 1. The number of amides is 2. The highest BCUT2D eigenvalue weighted by Gasteiger charge is 2.24. The number of anilines is 3. The van der Waals surface area contributed by atoms with Gasteiger partial charge >= 0.3 is 6.03 Å². The fraction of sp³-hybridized carbons (Fsp3) is 0.276. The molecule has 0 unspecified atom stereocenters. The largest absolute Gasteiger partial charge is 0.364 e. The van der Waals surface area contributed by atoms with Crippen LogP contribution in [0.25, 0.3) is 22.6 Å². The second-order valence-corrected chi connectivity index (χ2v) is 10.9. The predicted molar refractivity (Wildman–Crippen MR) is 153 cm³/mol. The van der Waals surface area contributed by atoms with Crippen LogP contribution in [-0.4, -0.2) is 41.4 Å². The lowest BCUT2D eigenvalue weighted by Crippen LogP contribution is -2.21. The average molecular weight is 522 g/mol. The third-order valence-electron chi connectivity index (χ3n) is 6.71. The number of benzene rings is 2. The van der Waals surface area contributed by atoms with Crippen LogP contribution in [0.5, 0.6) is 0 Å². The van der Waals surface area contributed by atoms with E-state index in [4.69, 9.17) is 5.10 Å². The second-order valence-electron chi connectivity index (χ2n) is 10.9. The Labute approximate surface area is 226 Å². The molecule has 0 radical (unpaired) electrons. The van der Waals surface area contributed by atoms with E-state index in [-0.39, 0.29) is 11.4 Å².